The molecule has 0 spiro atoms. The van der Waals surface area contributed by atoms with Gasteiger partial charge in [-0.3, -0.25) is 0 Å². The summed E-state index contributed by atoms with van der Waals surface area (Å²) in [4.78, 5) is 2.22. The van der Waals surface area contributed by atoms with Crippen molar-refractivity contribution in [1.29, 1.82) is 0 Å². The summed E-state index contributed by atoms with van der Waals surface area (Å²) in [5.41, 5.74) is 2.31. The van der Waals surface area contributed by atoms with Gasteiger partial charge in [0.2, 0.25) is 0 Å². The Morgan fingerprint density at radius 1 is 1.00 bits per heavy atom. The van der Waals surface area contributed by atoms with Crippen molar-refractivity contribution >= 4 is 17.3 Å². The Morgan fingerprint density at radius 2 is 1.65 bits per heavy atom. The zero-order chi connectivity index (χ0) is 11.8. The van der Waals surface area contributed by atoms with Crippen molar-refractivity contribution in [2.45, 2.75) is 6.04 Å². The molecule has 0 aromatic heterocycles. The molecule has 17 heavy (non-hydrogen) atoms. The number of hydrogen-bond acceptors (Lipinski definition) is 1. The predicted molar refractivity (Wildman–Crippen MR) is 67.9 cm³/mol. The number of rotatable bonds is 2. The maximum absolute atomic E-state index is 12.8. The molecule has 1 nitrogen and oxygen atoms in total. The van der Waals surface area contributed by atoms with Crippen molar-refractivity contribution in [1.82, 2.24) is 0 Å². The highest BCUT2D eigenvalue weighted by atomic mass is 35.5. The van der Waals surface area contributed by atoms with E-state index in [4.69, 9.17) is 11.6 Å². The number of hydrogen-bond donors (Lipinski definition) is 0. The third-order valence-corrected chi connectivity index (χ3v) is 3.28. The van der Waals surface area contributed by atoms with Crippen LogP contribution in [0.4, 0.5) is 10.1 Å². The van der Waals surface area contributed by atoms with E-state index in [1.165, 1.54) is 17.7 Å². The van der Waals surface area contributed by atoms with Crippen LogP contribution in [0.1, 0.15) is 11.6 Å². The highest BCUT2D eigenvalue weighted by molar-refractivity contribution is 6.30. The summed E-state index contributed by atoms with van der Waals surface area (Å²) < 4.78 is 12.8. The molecule has 1 fully saturated rings. The van der Waals surface area contributed by atoms with Crippen molar-refractivity contribution in [3.05, 3.63) is 64.9 Å². The average molecular weight is 248 g/mol. The molecule has 0 bridgehead atoms. The van der Waals surface area contributed by atoms with Crippen LogP contribution in [-0.4, -0.2) is 6.54 Å². The Kier molecular flexibility index (Phi) is 2.52. The molecule has 3 rings (SSSR count). The van der Waals surface area contributed by atoms with Crippen LogP contribution in [0.2, 0.25) is 5.02 Å². The van der Waals surface area contributed by atoms with Crippen molar-refractivity contribution in [3.8, 4) is 0 Å². The first-order valence-electron chi connectivity index (χ1n) is 5.52. The van der Waals surface area contributed by atoms with E-state index in [2.05, 4.69) is 4.90 Å². The molecular formula is C14H11ClFN. The van der Waals surface area contributed by atoms with Gasteiger partial charge in [0, 0.05) is 17.3 Å². The molecule has 2 aromatic carbocycles. The first-order valence-corrected chi connectivity index (χ1v) is 5.89. The van der Waals surface area contributed by atoms with Gasteiger partial charge in [0.1, 0.15) is 5.82 Å². The summed E-state index contributed by atoms with van der Waals surface area (Å²) in [7, 11) is 0. The molecule has 86 valence electrons. The molecule has 1 heterocycles. The zero-order valence-electron chi connectivity index (χ0n) is 9.11. The fourth-order valence-electron chi connectivity index (χ4n) is 2.03. The van der Waals surface area contributed by atoms with Crippen LogP contribution in [0.15, 0.2) is 48.5 Å². The molecule has 0 aliphatic carbocycles. The van der Waals surface area contributed by atoms with Gasteiger partial charge in [0.15, 0.2) is 0 Å². The van der Waals surface area contributed by atoms with Gasteiger partial charge in [-0.25, -0.2) is 4.39 Å². The van der Waals surface area contributed by atoms with E-state index in [1.807, 2.05) is 36.4 Å². The van der Waals surface area contributed by atoms with Crippen LogP contribution in [0, 0.1) is 5.82 Å². The minimum atomic E-state index is -0.196. The fourth-order valence-corrected chi connectivity index (χ4v) is 2.15. The molecule has 3 heteroatoms. The quantitative estimate of drug-likeness (QED) is 0.724. The Bertz CT molecular complexity index is 471. The smallest absolute Gasteiger partial charge is 0.123 e. The summed E-state index contributed by atoms with van der Waals surface area (Å²) >= 11 is 5.85. The van der Waals surface area contributed by atoms with E-state index >= 15 is 0 Å². The van der Waals surface area contributed by atoms with Crippen molar-refractivity contribution in [2.75, 3.05) is 11.4 Å². The molecule has 0 saturated carbocycles. The second kappa shape index (κ2) is 4.04. The van der Waals surface area contributed by atoms with E-state index in [0.717, 1.165) is 17.3 Å². The predicted octanol–water partition coefficient (Wildman–Crippen LogP) is 4.04. The summed E-state index contributed by atoms with van der Waals surface area (Å²) in [6.07, 6.45) is 0. The summed E-state index contributed by atoms with van der Waals surface area (Å²) in [5, 5.41) is 0.753. The zero-order valence-corrected chi connectivity index (χ0v) is 9.86. The number of nitrogens with zero attached hydrogens (tertiary/aromatic N) is 1. The van der Waals surface area contributed by atoms with Crippen LogP contribution in [0.25, 0.3) is 0 Å². The third kappa shape index (κ3) is 2.13. The average Bonchev–Trinajstić information content (AvgIpc) is 3.11. The minimum Gasteiger partial charge on any atom is -0.360 e. The highest BCUT2D eigenvalue weighted by Gasteiger charge is 2.35. The molecule has 2 aromatic rings. The Morgan fingerprint density at radius 3 is 2.29 bits per heavy atom. The van der Waals surface area contributed by atoms with Crippen LogP contribution in [0.5, 0.6) is 0 Å². The number of halogens is 2. The van der Waals surface area contributed by atoms with Crippen LogP contribution >= 0.6 is 11.6 Å². The first-order chi connectivity index (χ1) is 8.24. The van der Waals surface area contributed by atoms with E-state index in [9.17, 15) is 4.39 Å². The lowest BCUT2D eigenvalue weighted by Crippen LogP contribution is -1.94. The lowest BCUT2D eigenvalue weighted by Gasteiger charge is -2.05. The number of anilines is 1. The third-order valence-electron chi connectivity index (χ3n) is 3.03. The molecular weight excluding hydrogens is 237 g/mol. The monoisotopic (exact) mass is 247 g/mol. The molecule has 0 radical (unpaired) electrons. The lowest BCUT2D eigenvalue weighted by atomic mass is 10.1. The molecule has 0 amide bonds. The first kappa shape index (κ1) is 10.6. The van der Waals surface area contributed by atoms with Gasteiger partial charge in [-0.05, 0) is 42.0 Å². The fraction of sp³-hybridized carbons (Fsp3) is 0.143. The topological polar surface area (TPSA) is 3.01 Å². The molecule has 1 atom stereocenters. The molecule has 0 N–H and O–H groups in total. The second-order valence-corrected chi connectivity index (χ2v) is 4.63. The maximum Gasteiger partial charge on any atom is 0.123 e. The van der Waals surface area contributed by atoms with Crippen molar-refractivity contribution in [2.24, 2.45) is 0 Å². The number of benzene rings is 2. The van der Waals surface area contributed by atoms with Gasteiger partial charge < -0.3 is 4.90 Å². The van der Waals surface area contributed by atoms with Crippen molar-refractivity contribution in [3.63, 3.8) is 0 Å². The molecule has 0 unspecified atom stereocenters. The largest absolute Gasteiger partial charge is 0.360 e. The van der Waals surface area contributed by atoms with E-state index < -0.39 is 0 Å². The van der Waals surface area contributed by atoms with Crippen LogP contribution in [0.3, 0.4) is 0 Å². The van der Waals surface area contributed by atoms with Gasteiger partial charge in [-0.1, -0.05) is 23.7 Å². The molecule has 1 aliphatic heterocycles. The van der Waals surface area contributed by atoms with Gasteiger partial charge in [0.25, 0.3) is 0 Å². The van der Waals surface area contributed by atoms with Gasteiger partial charge in [0.05, 0.1) is 6.04 Å². The normalized spacial score (nSPS) is 18.2. The molecule has 1 saturated heterocycles. The van der Waals surface area contributed by atoms with E-state index in [0.29, 0.717) is 6.04 Å². The van der Waals surface area contributed by atoms with Gasteiger partial charge in [-0.2, -0.15) is 0 Å². The summed E-state index contributed by atoms with van der Waals surface area (Å²) in [6, 6.07) is 14.9. The van der Waals surface area contributed by atoms with Crippen LogP contribution < -0.4 is 4.90 Å². The Hall–Kier alpha value is -1.54. The SMILES string of the molecule is Fc1ccc(N2C[C@@H]2c2ccc(Cl)cc2)cc1. The van der Waals surface area contributed by atoms with Crippen molar-refractivity contribution < 1.29 is 4.39 Å². The second-order valence-electron chi connectivity index (χ2n) is 4.20. The summed E-state index contributed by atoms with van der Waals surface area (Å²) in [5.74, 6) is -0.196. The Labute approximate surface area is 104 Å². The maximum atomic E-state index is 12.8. The van der Waals surface area contributed by atoms with E-state index in [1.54, 1.807) is 0 Å². The van der Waals surface area contributed by atoms with Gasteiger partial charge in [-0.15, -0.1) is 0 Å². The van der Waals surface area contributed by atoms with Crippen LogP contribution in [-0.2, 0) is 0 Å². The summed E-state index contributed by atoms with van der Waals surface area (Å²) in [6.45, 7) is 0.979. The van der Waals surface area contributed by atoms with E-state index in [-0.39, 0.29) is 5.82 Å². The lowest BCUT2D eigenvalue weighted by molar-refractivity contribution is 0.628. The molecule has 1 aliphatic rings. The minimum absolute atomic E-state index is 0.196. The highest BCUT2D eigenvalue weighted by Crippen LogP contribution is 2.39. The standard InChI is InChI=1S/C14H11ClFN/c15-11-3-1-10(2-4-11)14-9-17(14)13-7-5-12(16)6-8-13/h1-8,14H,9H2/t14-,17?/m1/s1. The van der Waals surface area contributed by atoms with Gasteiger partial charge >= 0.3 is 0 Å². The Balaban J connectivity index is 1.78.